The summed E-state index contributed by atoms with van der Waals surface area (Å²) in [6, 6.07) is 6.11. The van der Waals surface area contributed by atoms with E-state index in [-0.39, 0.29) is 11.3 Å². The minimum atomic E-state index is -3.14. The van der Waals surface area contributed by atoms with Crippen LogP contribution in [-0.2, 0) is 5.92 Å². The number of aromatic nitrogens is 2. The molecule has 0 bridgehead atoms. The van der Waals surface area contributed by atoms with E-state index in [4.69, 9.17) is 0 Å². The first-order valence-electron chi connectivity index (χ1n) is 6.83. The SMILES string of the molecule is Cc1ccc(C(F)(F)CNC(=O)c2ccnc(C)n2)c(C)c1. The normalized spacial score (nSPS) is 11.3. The van der Waals surface area contributed by atoms with Crippen LogP contribution in [0.5, 0.6) is 0 Å². The van der Waals surface area contributed by atoms with Gasteiger partial charge in [0.15, 0.2) is 0 Å². The monoisotopic (exact) mass is 305 g/mol. The number of rotatable bonds is 4. The molecule has 0 aliphatic rings. The van der Waals surface area contributed by atoms with E-state index in [1.54, 1.807) is 26.0 Å². The highest BCUT2D eigenvalue weighted by atomic mass is 19.3. The van der Waals surface area contributed by atoms with Gasteiger partial charge in [-0.2, -0.15) is 8.78 Å². The molecule has 1 amide bonds. The first-order chi connectivity index (χ1) is 10.3. The zero-order chi connectivity index (χ0) is 16.3. The van der Waals surface area contributed by atoms with Crippen molar-refractivity contribution < 1.29 is 13.6 Å². The molecule has 0 aliphatic carbocycles. The van der Waals surface area contributed by atoms with E-state index in [1.807, 2.05) is 6.92 Å². The lowest BCUT2D eigenvalue weighted by atomic mass is 10.0. The highest BCUT2D eigenvalue weighted by molar-refractivity contribution is 5.92. The van der Waals surface area contributed by atoms with E-state index in [9.17, 15) is 13.6 Å². The van der Waals surface area contributed by atoms with Crippen LogP contribution in [0.4, 0.5) is 8.78 Å². The molecule has 4 nitrogen and oxygen atoms in total. The first kappa shape index (κ1) is 16.0. The molecular formula is C16H17F2N3O. The third-order valence-corrected chi connectivity index (χ3v) is 3.26. The second kappa shape index (κ2) is 6.17. The Balaban J connectivity index is 2.10. The molecule has 0 aliphatic heterocycles. The van der Waals surface area contributed by atoms with Gasteiger partial charge in [-0.1, -0.05) is 23.8 Å². The molecule has 0 saturated heterocycles. The van der Waals surface area contributed by atoms with Gasteiger partial charge < -0.3 is 5.32 Å². The van der Waals surface area contributed by atoms with Gasteiger partial charge >= 0.3 is 0 Å². The lowest BCUT2D eigenvalue weighted by molar-refractivity contribution is -0.00311. The van der Waals surface area contributed by atoms with Crippen molar-refractivity contribution in [2.24, 2.45) is 0 Å². The summed E-state index contributed by atoms with van der Waals surface area (Å²) in [6.45, 7) is 4.32. The van der Waals surface area contributed by atoms with Crippen molar-refractivity contribution >= 4 is 5.91 Å². The fourth-order valence-corrected chi connectivity index (χ4v) is 2.18. The van der Waals surface area contributed by atoms with Crippen LogP contribution in [0, 0.1) is 20.8 Å². The Labute approximate surface area is 127 Å². The summed E-state index contributed by atoms with van der Waals surface area (Å²) < 4.78 is 28.5. The minimum absolute atomic E-state index is 0.0731. The van der Waals surface area contributed by atoms with Crippen molar-refractivity contribution in [3.63, 3.8) is 0 Å². The van der Waals surface area contributed by atoms with Crippen LogP contribution in [0.1, 0.15) is 33.0 Å². The average Bonchev–Trinajstić information content (AvgIpc) is 2.44. The van der Waals surface area contributed by atoms with Gasteiger partial charge in [-0.3, -0.25) is 4.79 Å². The molecule has 2 aromatic rings. The maximum Gasteiger partial charge on any atom is 0.290 e. The second-order valence-corrected chi connectivity index (χ2v) is 5.19. The average molecular weight is 305 g/mol. The number of nitrogens with one attached hydrogen (secondary N) is 1. The van der Waals surface area contributed by atoms with Crippen LogP contribution in [0.3, 0.4) is 0 Å². The van der Waals surface area contributed by atoms with Crippen molar-refractivity contribution in [2.75, 3.05) is 6.54 Å². The molecule has 0 spiro atoms. The zero-order valence-corrected chi connectivity index (χ0v) is 12.7. The first-order valence-corrected chi connectivity index (χ1v) is 6.83. The fourth-order valence-electron chi connectivity index (χ4n) is 2.18. The van der Waals surface area contributed by atoms with Crippen molar-refractivity contribution in [2.45, 2.75) is 26.7 Å². The quantitative estimate of drug-likeness (QED) is 0.945. The highest BCUT2D eigenvalue weighted by Gasteiger charge is 2.33. The van der Waals surface area contributed by atoms with Gasteiger partial charge in [0.25, 0.3) is 11.8 Å². The van der Waals surface area contributed by atoms with Crippen molar-refractivity contribution in [1.29, 1.82) is 0 Å². The molecule has 0 unspecified atom stereocenters. The number of nitrogens with zero attached hydrogens (tertiary/aromatic N) is 2. The molecule has 2 rings (SSSR count). The molecule has 1 aromatic heterocycles. The number of carbonyl (C=O) groups is 1. The topological polar surface area (TPSA) is 54.9 Å². The summed E-state index contributed by atoms with van der Waals surface area (Å²) in [5.74, 6) is -3.38. The Morgan fingerprint density at radius 3 is 2.59 bits per heavy atom. The Kier molecular flexibility index (Phi) is 4.49. The number of carbonyl (C=O) groups excluding carboxylic acids is 1. The van der Waals surface area contributed by atoms with E-state index in [2.05, 4.69) is 15.3 Å². The molecule has 0 radical (unpaired) electrons. The third-order valence-electron chi connectivity index (χ3n) is 3.26. The Morgan fingerprint density at radius 1 is 1.23 bits per heavy atom. The molecule has 6 heteroatoms. The number of aryl methyl sites for hydroxylation is 3. The number of hydrogen-bond acceptors (Lipinski definition) is 3. The minimum Gasteiger partial charge on any atom is -0.344 e. The van der Waals surface area contributed by atoms with Crippen molar-refractivity contribution in [3.8, 4) is 0 Å². The van der Waals surface area contributed by atoms with Crippen LogP contribution < -0.4 is 5.32 Å². The lowest BCUT2D eigenvalue weighted by Crippen LogP contribution is -2.35. The summed E-state index contributed by atoms with van der Waals surface area (Å²) >= 11 is 0. The highest BCUT2D eigenvalue weighted by Crippen LogP contribution is 2.30. The zero-order valence-electron chi connectivity index (χ0n) is 12.7. The smallest absolute Gasteiger partial charge is 0.290 e. The Hall–Kier alpha value is -2.37. The fraction of sp³-hybridized carbons (Fsp3) is 0.312. The number of halogens is 2. The maximum atomic E-state index is 14.3. The van der Waals surface area contributed by atoms with E-state index >= 15 is 0 Å². The lowest BCUT2D eigenvalue weighted by Gasteiger charge is -2.19. The van der Waals surface area contributed by atoms with E-state index in [0.29, 0.717) is 11.4 Å². The summed E-state index contributed by atoms with van der Waals surface area (Å²) in [5, 5.41) is 2.23. The van der Waals surface area contributed by atoms with E-state index < -0.39 is 18.4 Å². The predicted molar refractivity (Wildman–Crippen MR) is 78.9 cm³/mol. The van der Waals surface area contributed by atoms with Gasteiger partial charge in [-0.15, -0.1) is 0 Å². The summed E-state index contributed by atoms with van der Waals surface area (Å²) in [5.41, 5.74) is 1.40. The van der Waals surface area contributed by atoms with Crippen LogP contribution in [-0.4, -0.2) is 22.4 Å². The van der Waals surface area contributed by atoms with Gasteiger partial charge in [-0.25, -0.2) is 9.97 Å². The Morgan fingerprint density at radius 2 is 1.95 bits per heavy atom. The van der Waals surface area contributed by atoms with Gasteiger partial charge in [0.1, 0.15) is 11.5 Å². The number of alkyl halides is 2. The van der Waals surface area contributed by atoms with E-state index in [0.717, 1.165) is 5.56 Å². The van der Waals surface area contributed by atoms with Gasteiger partial charge in [0, 0.05) is 11.8 Å². The standard InChI is InChI=1S/C16H17F2N3O/c1-10-4-5-13(11(2)8-10)16(17,18)9-20-15(22)14-6-7-19-12(3)21-14/h4-8H,9H2,1-3H3,(H,20,22). The Bertz CT molecular complexity index is 702. The largest absolute Gasteiger partial charge is 0.344 e. The number of hydrogen-bond donors (Lipinski definition) is 1. The van der Waals surface area contributed by atoms with Crippen LogP contribution in [0.2, 0.25) is 0 Å². The second-order valence-electron chi connectivity index (χ2n) is 5.19. The molecule has 0 saturated carbocycles. The van der Waals surface area contributed by atoms with Gasteiger partial charge in [0.2, 0.25) is 0 Å². The molecular weight excluding hydrogens is 288 g/mol. The summed E-state index contributed by atoms with van der Waals surface area (Å²) in [7, 11) is 0. The number of benzene rings is 1. The summed E-state index contributed by atoms with van der Waals surface area (Å²) in [6.07, 6.45) is 1.42. The molecule has 1 heterocycles. The van der Waals surface area contributed by atoms with Gasteiger partial charge in [0.05, 0.1) is 6.54 Å². The molecule has 1 aromatic carbocycles. The summed E-state index contributed by atoms with van der Waals surface area (Å²) in [4.78, 5) is 19.6. The van der Waals surface area contributed by atoms with Crippen LogP contribution in [0.25, 0.3) is 0 Å². The van der Waals surface area contributed by atoms with E-state index in [1.165, 1.54) is 18.3 Å². The molecule has 1 N–H and O–H groups in total. The molecule has 0 atom stereocenters. The third kappa shape index (κ3) is 3.63. The molecule has 22 heavy (non-hydrogen) atoms. The van der Waals surface area contributed by atoms with Crippen molar-refractivity contribution in [3.05, 3.63) is 58.7 Å². The maximum absolute atomic E-state index is 14.3. The van der Waals surface area contributed by atoms with Crippen LogP contribution >= 0.6 is 0 Å². The number of amides is 1. The van der Waals surface area contributed by atoms with Gasteiger partial charge in [-0.05, 0) is 32.4 Å². The molecule has 116 valence electrons. The molecule has 0 fully saturated rings. The van der Waals surface area contributed by atoms with Crippen molar-refractivity contribution in [1.82, 2.24) is 15.3 Å². The van der Waals surface area contributed by atoms with Crippen LogP contribution in [0.15, 0.2) is 30.5 Å². The predicted octanol–water partition coefficient (Wildman–Crippen LogP) is 2.92.